The third-order valence-corrected chi connectivity index (χ3v) is 2.11. The summed E-state index contributed by atoms with van der Waals surface area (Å²) in [5, 5.41) is 0. The number of hydrogen-bond donors (Lipinski definition) is 1. The third kappa shape index (κ3) is 1.40. The number of imidazole rings is 1. The van der Waals surface area contributed by atoms with Gasteiger partial charge >= 0.3 is 0 Å². The summed E-state index contributed by atoms with van der Waals surface area (Å²) in [5.74, 6) is -0.0475. The molecule has 4 nitrogen and oxygen atoms in total. The molecule has 2 aromatic rings. The molecule has 0 spiro atoms. The first kappa shape index (κ1) is 8.90. The maximum absolute atomic E-state index is 11.6. The largest absolute Gasteiger partial charge is 0.321 e. The lowest BCUT2D eigenvalue weighted by atomic mass is 10.1. The molecule has 2 rings (SSSR count). The molecule has 0 aromatic carbocycles. The van der Waals surface area contributed by atoms with Crippen LogP contribution >= 0.6 is 0 Å². The van der Waals surface area contributed by atoms with Gasteiger partial charge in [0.1, 0.15) is 0 Å². The highest BCUT2D eigenvalue weighted by Crippen LogP contribution is 2.08. The van der Waals surface area contributed by atoms with Crippen LogP contribution in [0, 0.1) is 0 Å². The van der Waals surface area contributed by atoms with E-state index in [-0.39, 0.29) is 5.78 Å². The zero-order valence-electron chi connectivity index (χ0n) is 7.84. The van der Waals surface area contributed by atoms with Gasteiger partial charge in [0.2, 0.25) is 0 Å². The van der Waals surface area contributed by atoms with Gasteiger partial charge in [-0.25, -0.2) is 4.98 Å². The number of carbonyl (C=O) groups excluding carboxylic acids is 1. The first-order chi connectivity index (χ1) is 6.68. The molecular formula is C10H11N3O. The Morgan fingerprint density at radius 2 is 2.43 bits per heavy atom. The van der Waals surface area contributed by atoms with E-state index >= 15 is 0 Å². The minimum atomic E-state index is -0.458. The van der Waals surface area contributed by atoms with Crippen molar-refractivity contribution in [2.75, 3.05) is 0 Å². The van der Waals surface area contributed by atoms with Crippen LogP contribution in [-0.2, 0) is 0 Å². The number of carbonyl (C=O) groups is 1. The van der Waals surface area contributed by atoms with Crippen molar-refractivity contribution in [2.24, 2.45) is 5.73 Å². The molecule has 0 aliphatic carbocycles. The Morgan fingerprint density at radius 3 is 3.14 bits per heavy atom. The van der Waals surface area contributed by atoms with Gasteiger partial charge < -0.3 is 10.1 Å². The molecule has 0 aliphatic heterocycles. The second-order valence-corrected chi connectivity index (χ2v) is 3.29. The van der Waals surface area contributed by atoms with E-state index in [1.54, 1.807) is 37.8 Å². The average Bonchev–Trinajstić information content (AvgIpc) is 2.62. The van der Waals surface area contributed by atoms with E-state index in [2.05, 4.69) is 4.98 Å². The first-order valence-electron chi connectivity index (χ1n) is 4.40. The molecule has 0 amide bonds. The van der Waals surface area contributed by atoms with Crippen molar-refractivity contribution in [3.63, 3.8) is 0 Å². The number of ketones is 1. The highest BCUT2D eigenvalue weighted by Gasteiger charge is 2.10. The maximum atomic E-state index is 11.6. The van der Waals surface area contributed by atoms with Crippen LogP contribution in [0.4, 0.5) is 0 Å². The van der Waals surface area contributed by atoms with E-state index in [4.69, 9.17) is 5.73 Å². The van der Waals surface area contributed by atoms with Crippen LogP contribution in [0.3, 0.4) is 0 Å². The van der Waals surface area contributed by atoms with E-state index in [9.17, 15) is 4.79 Å². The van der Waals surface area contributed by atoms with Crippen molar-refractivity contribution in [3.05, 3.63) is 36.4 Å². The molecule has 2 aromatic heterocycles. The highest BCUT2D eigenvalue weighted by atomic mass is 16.1. The van der Waals surface area contributed by atoms with Gasteiger partial charge in [0.25, 0.3) is 0 Å². The highest BCUT2D eigenvalue weighted by molar-refractivity contribution is 6.00. The standard InChI is InChI=1S/C10H11N3O/c1-7(11)10(14)8-2-3-13-6-12-5-9(13)4-8/h2-7H,11H2,1H3. The molecule has 0 aliphatic rings. The van der Waals surface area contributed by atoms with Gasteiger partial charge in [-0.3, -0.25) is 4.79 Å². The topological polar surface area (TPSA) is 60.4 Å². The fourth-order valence-corrected chi connectivity index (χ4v) is 1.34. The number of rotatable bonds is 2. The van der Waals surface area contributed by atoms with E-state index in [1.165, 1.54) is 0 Å². The van der Waals surface area contributed by atoms with Gasteiger partial charge in [-0.1, -0.05) is 0 Å². The summed E-state index contributed by atoms with van der Waals surface area (Å²) in [6, 6.07) is 3.08. The lowest BCUT2D eigenvalue weighted by molar-refractivity contribution is 0.0968. The molecule has 0 bridgehead atoms. The quantitative estimate of drug-likeness (QED) is 0.713. The number of hydrogen-bond acceptors (Lipinski definition) is 3. The predicted molar refractivity (Wildman–Crippen MR) is 53.2 cm³/mol. The van der Waals surface area contributed by atoms with Crippen molar-refractivity contribution in [1.82, 2.24) is 9.38 Å². The van der Waals surface area contributed by atoms with E-state index in [0.717, 1.165) is 5.52 Å². The monoisotopic (exact) mass is 189 g/mol. The number of Topliss-reactive ketones (excluding diaryl/α,β-unsaturated/α-hetero) is 1. The fraction of sp³-hybridized carbons (Fsp3) is 0.200. The zero-order chi connectivity index (χ0) is 10.1. The van der Waals surface area contributed by atoms with Crippen molar-refractivity contribution < 1.29 is 4.79 Å². The van der Waals surface area contributed by atoms with Gasteiger partial charge in [0.05, 0.1) is 24.1 Å². The number of aromatic nitrogens is 2. The molecule has 1 atom stereocenters. The van der Waals surface area contributed by atoms with Crippen molar-refractivity contribution in [3.8, 4) is 0 Å². The summed E-state index contributed by atoms with van der Waals surface area (Å²) in [4.78, 5) is 15.5. The van der Waals surface area contributed by atoms with Gasteiger partial charge in [-0.2, -0.15) is 0 Å². The van der Waals surface area contributed by atoms with Crippen LogP contribution in [-0.4, -0.2) is 21.2 Å². The van der Waals surface area contributed by atoms with Crippen LogP contribution < -0.4 is 5.73 Å². The molecule has 0 saturated heterocycles. The molecule has 1 unspecified atom stereocenters. The van der Waals surface area contributed by atoms with Crippen LogP contribution in [0.25, 0.3) is 5.52 Å². The Hall–Kier alpha value is -1.68. The number of nitrogens with zero attached hydrogens (tertiary/aromatic N) is 2. The molecule has 0 radical (unpaired) electrons. The Balaban J connectivity index is 2.48. The molecule has 14 heavy (non-hydrogen) atoms. The molecule has 2 heterocycles. The SMILES string of the molecule is CC(N)C(=O)c1ccn2cncc2c1. The molecule has 0 fully saturated rings. The second-order valence-electron chi connectivity index (χ2n) is 3.29. The summed E-state index contributed by atoms with van der Waals surface area (Å²) in [5.41, 5.74) is 7.05. The van der Waals surface area contributed by atoms with Gasteiger partial charge in [-0.15, -0.1) is 0 Å². The molecule has 72 valence electrons. The van der Waals surface area contributed by atoms with Crippen LogP contribution in [0.1, 0.15) is 17.3 Å². The van der Waals surface area contributed by atoms with Crippen molar-refractivity contribution in [1.29, 1.82) is 0 Å². The Kier molecular flexibility index (Phi) is 2.05. The van der Waals surface area contributed by atoms with Crippen molar-refractivity contribution >= 4 is 11.3 Å². The Morgan fingerprint density at radius 1 is 1.64 bits per heavy atom. The summed E-state index contributed by atoms with van der Waals surface area (Å²) in [7, 11) is 0. The number of pyridine rings is 1. The van der Waals surface area contributed by atoms with E-state index in [0.29, 0.717) is 5.56 Å². The lowest BCUT2D eigenvalue weighted by Gasteiger charge is -2.04. The van der Waals surface area contributed by atoms with E-state index in [1.807, 2.05) is 4.40 Å². The van der Waals surface area contributed by atoms with Gasteiger partial charge in [0.15, 0.2) is 5.78 Å². The fourth-order valence-electron chi connectivity index (χ4n) is 1.34. The molecule has 2 N–H and O–H groups in total. The summed E-state index contributed by atoms with van der Waals surface area (Å²) >= 11 is 0. The zero-order valence-corrected chi connectivity index (χ0v) is 7.84. The number of nitrogens with two attached hydrogens (primary N) is 1. The van der Waals surface area contributed by atoms with Crippen LogP contribution in [0.2, 0.25) is 0 Å². The minimum Gasteiger partial charge on any atom is -0.321 e. The van der Waals surface area contributed by atoms with Gasteiger partial charge in [-0.05, 0) is 19.1 Å². The number of fused-ring (bicyclic) bond motifs is 1. The summed E-state index contributed by atoms with van der Waals surface area (Å²) < 4.78 is 1.85. The molecule has 0 saturated carbocycles. The second kappa shape index (κ2) is 3.23. The Labute approximate surface area is 81.4 Å². The Bertz CT molecular complexity index is 473. The summed E-state index contributed by atoms with van der Waals surface area (Å²) in [6.07, 6.45) is 5.20. The van der Waals surface area contributed by atoms with Crippen molar-refractivity contribution in [2.45, 2.75) is 13.0 Å². The molecular weight excluding hydrogens is 178 g/mol. The smallest absolute Gasteiger partial charge is 0.179 e. The normalized spacial score (nSPS) is 13.0. The van der Waals surface area contributed by atoms with Crippen LogP contribution in [0.5, 0.6) is 0 Å². The average molecular weight is 189 g/mol. The third-order valence-electron chi connectivity index (χ3n) is 2.11. The molecule has 4 heteroatoms. The summed E-state index contributed by atoms with van der Waals surface area (Å²) in [6.45, 7) is 1.68. The van der Waals surface area contributed by atoms with Gasteiger partial charge in [0, 0.05) is 11.8 Å². The maximum Gasteiger partial charge on any atom is 0.179 e. The predicted octanol–water partition coefficient (Wildman–Crippen LogP) is 0.864. The minimum absolute atomic E-state index is 0.0475. The van der Waals surface area contributed by atoms with E-state index < -0.39 is 6.04 Å². The van der Waals surface area contributed by atoms with Crippen LogP contribution in [0.15, 0.2) is 30.9 Å². The first-order valence-corrected chi connectivity index (χ1v) is 4.40. The lowest BCUT2D eigenvalue weighted by Crippen LogP contribution is -2.26.